The molecule has 1 aliphatic heterocycles. The van der Waals surface area contributed by atoms with Gasteiger partial charge in [-0.3, -0.25) is 4.79 Å². The molecule has 4 rings (SSSR count). The average Bonchev–Trinajstić information content (AvgIpc) is 3.44. The zero-order valence-corrected chi connectivity index (χ0v) is 16.7. The van der Waals surface area contributed by atoms with Crippen LogP contribution in [-0.4, -0.2) is 55.9 Å². The SMILES string of the molecule is COc1ccc(C(=O)N2CC[C@]3(OC)CC[C@H](OCC4CC4)C[C@H]23)cc1C. The molecule has 0 spiro atoms. The molecule has 2 saturated carbocycles. The summed E-state index contributed by atoms with van der Waals surface area (Å²) in [6.45, 7) is 3.60. The highest BCUT2D eigenvalue weighted by Crippen LogP contribution is 2.44. The van der Waals surface area contributed by atoms with E-state index in [1.54, 1.807) is 14.2 Å². The number of carbonyl (C=O) groups excluding carboxylic acids is 1. The van der Waals surface area contributed by atoms with Crippen molar-refractivity contribution in [3.63, 3.8) is 0 Å². The molecule has 0 bridgehead atoms. The van der Waals surface area contributed by atoms with Gasteiger partial charge in [-0.15, -0.1) is 0 Å². The van der Waals surface area contributed by atoms with Crippen molar-refractivity contribution < 1.29 is 19.0 Å². The van der Waals surface area contributed by atoms with Gasteiger partial charge in [-0.25, -0.2) is 0 Å². The lowest BCUT2D eigenvalue weighted by molar-refractivity contribution is -0.0977. The Bertz CT molecular complexity index is 702. The third kappa shape index (κ3) is 3.59. The Kier molecular flexibility index (Phi) is 5.17. The minimum Gasteiger partial charge on any atom is -0.496 e. The van der Waals surface area contributed by atoms with Gasteiger partial charge in [-0.1, -0.05) is 0 Å². The predicted molar refractivity (Wildman–Crippen MR) is 103 cm³/mol. The third-order valence-electron chi connectivity index (χ3n) is 6.71. The molecule has 1 amide bonds. The van der Waals surface area contributed by atoms with Gasteiger partial charge in [0, 0.05) is 25.8 Å². The molecule has 3 atom stereocenters. The summed E-state index contributed by atoms with van der Waals surface area (Å²) in [5.74, 6) is 1.67. The Morgan fingerprint density at radius 3 is 2.70 bits per heavy atom. The molecule has 5 heteroatoms. The second kappa shape index (κ2) is 7.44. The van der Waals surface area contributed by atoms with Crippen molar-refractivity contribution in [2.75, 3.05) is 27.4 Å². The van der Waals surface area contributed by atoms with Crippen LogP contribution in [0.4, 0.5) is 0 Å². The van der Waals surface area contributed by atoms with E-state index in [-0.39, 0.29) is 23.7 Å². The van der Waals surface area contributed by atoms with E-state index < -0.39 is 0 Å². The Hall–Kier alpha value is -1.59. The quantitative estimate of drug-likeness (QED) is 0.765. The number of ether oxygens (including phenoxy) is 3. The van der Waals surface area contributed by atoms with Crippen molar-refractivity contribution in [1.82, 2.24) is 4.90 Å². The molecule has 0 radical (unpaired) electrons. The van der Waals surface area contributed by atoms with Crippen molar-refractivity contribution in [1.29, 1.82) is 0 Å². The van der Waals surface area contributed by atoms with Gasteiger partial charge in [0.05, 0.1) is 24.9 Å². The molecule has 0 unspecified atom stereocenters. The number of methoxy groups -OCH3 is 2. The standard InChI is InChI=1S/C22H31NO4/c1-15-12-17(6-7-19(15)25-2)21(24)23-11-10-22(26-3)9-8-18(13-20(22)23)27-14-16-4-5-16/h6-7,12,16,18,20H,4-5,8-11,13-14H2,1-3H3/t18-,20-,22+/m0/s1. The van der Waals surface area contributed by atoms with E-state index in [9.17, 15) is 4.79 Å². The van der Waals surface area contributed by atoms with E-state index in [1.165, 1.54) is 12.8 Å². The monoisotopic (exact) mass is 373 g/mol. The second-order valence-corrected chi connectivity index (χ2v) is 8.39. The molecule has 0 N–H and O–H groups in total. The fraction of sp³-hybridized carbons (Fsp3) is 0.682. The van der Waals surface area contributed by atoms with Gasteiger partial charge in [-0.2, -0.15) is 0 Å². The number of amides is 1. The van der Waals surface area contributed by atoms with Crippen LogP contribution in [0.1, 0.15) is 54.4 Å². The topological polar surface area (TPSA) is 48.0 Å². The Balaban J connectivity index is 1.51. The first-order chi connectivity index (χ1) is 13.1. The molecule has 1 aromatic rings. The van der Waals surface area contributed by atoms with Crippen LogP contribution in [0.15, 0.2) is 18.2 Å². The maximum Gasteiger partial charge on any atom is 0.254 e. The molecule has 1 heterocycles. The summed E-state index contributed by atoms with van der Waals surface area (Å²) < 4.78 is 17.5. The van der Waals surface area contributed by atoms with Crippen LogP contribution < -0.4 is 4.74 Å². The van der Waals surface area contributed by atoms with E-state index in [0.29, 0.717) is 0 Å². The molecular formula is C22H31NO4. The predicted octanol–water partition coefficient (Wildman–Crippen LogP) is 3.58. The molecule has 3 aliphatic rings. The zero-order chi connectivity index (χ0) is 19.0. The number of fused-ring (bicyclic) bond motifs is 1. The maximum absolute atomic E-state index is 13.3. The van der Waals surface area contributed by atoms with Crippen LogP contribution in [0, 0.1) is 12.8 Å². The largest absolute Gasteiger partial charge is 0.496 e. The lowest BCUT2D eigenvalue weighted by Gasteiger charge is -2.43. The summed E-state index contributed by atoms with van der Waals surface area (Å²) in [6, 6.07) is 5.77. The average molecular weight is 373 g/mol. The molecule has 0 aromatic heterocycles. The van der Waals surface area contributed by atoms with Gasteiger partial charge in [0.15, 0.2) is 0 Å². The fourth-order valence-corrected chi connectivity index (χ4v) is 4.79. The van der Waals surface area contributed by atoms with Crippen LogP contribution in [0.25, 0.3) is 0 Å². The Labute approximate surface area is 162 Å². The molecule has 148 valence electrons. The van der Waals surface area contributed by atoms with Crippen molar-refractivity contribution in [2.24, 2.45) is 5.92 Å². The molecule has 1 aromatic carbocycles. The van der Waals surface area contributed by atoms with E-state index in [0.717, 1.165) is 61.6 Å². The minimum atomic E-state index is -0.212. The molecule has 3 fully saturated rings. The lowest BCUT2D eigenvalue weighted by atomic mass is 9.79. The van der Waals surface area contributed by atoms with Gasteiger partial charge in [0.25, 0.3) is 5.91 Å². The smallest absolute Gasteiger partial charge is 0.254 e. The fourth-order valence-electron chi connectivity index (χ4n) is 4.79. The number of benzene rings is 1. The number of carbonyl (C=O) groups is 1. The van der Waals surface area contributed by atoms with Crippen LogP contribution in [-0.2, 0) is 9.47 Å². The van der Waals surface area contributed by atoms with Gasteiger partial charge in [0.1, 0.15) is 5.75 Å². The van der Waals surface area contributed by atoms with Gasteiger partial charge in [-0.05, 0) is 75.1 Å². The first kappa shape index (κ1) is 18.8. The highest BCUT2D eigenvalue weighted by molar-refractivity contribution is 5.95. The Morgan fingerprint density at radius 2 is 2.04 bits per heavy atom. The highest BCUT2D eigenvalue weighted by Gasteiger charge is 2.52. The van der Waals surface area contributed by atoms with Gasteiger partial charge < -0.3 is 19.1 Å². The molecule has 1 saturated heterocycles. The normalized spacial score (nSPS) is 30.3. The summed E-state index contributed by atoms with van der Waals surface area (Å²) in [5.41, 5.74) is 1.49. The Morgan fingerprint density at radius 1 is 1.22 bits per heavy atom. The van der Waals surface area contributed by atoms with Gasteiger partial charge >= 0.3 is 0 Å². The van der Waals surface area contributed by atoms with Crippen molar-refractivity contribution >= 4 is 5.91 Å². The molecule has 5 nitrogen and oxygen atoms in total. The summed E-state index contributed by atoms with van der Waals surface area (Å²) in [6.07, 6.45) is 6.63. The molecular weight excluding hydrogens is 342 g/mol. The first-order valence-corrected chi connectivity index (χ1v) is 10.2. The number of hydrogen-bond donors (Lipinski definition) is 0. The number of aryl methyl sites for hydroxylation is 1. The number of rotatable bonds is 6. The van der Waals surface area contributed by atoms with E-state index >= 15 is 0 Å². The van der Waals surface area contributed by atoms with Crippen molar-refractivity contribution in [3.8, 4) is 5.75 Å². The molecule has 27 heavy (non-hydrogen) atoms. The summed E-state index contributed by atoms with van der Waals surface area (Å²) in [4.78, 5) is 15.3. The zero-order valence-electron chi connectivity index (χ0n) is 16.7. The van der Waals surface area contributed by atoms with Crippen molar-refractivity contribution in [2.45, 2.75) is 63.2 Å². The highest BCUT2D eigenvalue weighted by atomic mass is 16.5. The summed E-state index contributed by atoms with van der Waals surface area (Å²) in [7, 11) is 3.45. The number of hydrogen-bond acceptors (Lipinski definition) is 4. The maximum atomic E-state index is 13.3. The van der Waals surface area contributed by atoms with Crippen LogP contribution in [0.5, 0.6) is 5.75 Å². The van der Waals surface area contributed by atoms with E-state index in [4.69, 9.17) is 14.2 Å². The lowest BCUT2D eigenvalue weighted by Crippen LogP contribution is -2.53. The van der Waals surface area contributed by atoms with E-state index in [2.05, 4.69) is 0 Å². The van der Waals surface area contributed by atoms with Crippen LogP contribution >= 0.6 is 0 Å². The summed E-state index contributed by atoms with van der Waals surface area (Å²) >= 11 is 0. The third-order valence-corrected chi connectivity index (χ3v) is 6.71. The number of nitrogens with zero attached hydrogens (tertiary/aromatic N) is 1. The van der Waals surface area contributed by atoms with Crippen LogP contribution in [0.3, 0.4) is 0 Å². The molecule has 2 aliphatic carbocycles. The first-order valence-electron chi connectivity index (χ1n) is 10.2. The van der Waals surface area contributed by atoms with E-state index in [1.807, 2.05) is 30.0 Å². The van der Waals surface area contributed by atoms with Gasteiger partial charge in [0.2, 0.25) is 0 Å². The minimum absolute atomic E-state index is 0.0903. The van der Waals surface area contributed by atoms with Crippen molar-refractivity contribution in [3.05, 3.63) is 29.3 Å². The number of likely N-dealkylation sites (tertiary alicyclic amines) is 1. The van der Waals surface area contributed by atoms with Crippen LogP contribution in [0.2, 0.25) is 0 Å². The summed E-state index contributed by atoms with van der Waals surface area (Å²) in [5, 5.41) is 0. The second-order valence-electron chi connectivity index (χ2n) is 8.39.